The van der Waals surface area contributed by atoms with Crippen molar-refractivity contribution >= 4 is 32.9 Å². The number of amidine groups is 1. The third-order valence-corrected chi connectivity index (χ3v) is 4.44. The fourth-order valence-corrected chi connectivity index (χ4v) is 2.54. The van der Waals surface area contributed by atoms with Crippen LogP contribution < -0.4 is 0 Å². The summed E-state index contributed by atoms with van der Waals surface area (Å²) < 4.78 is 0. The van der Waals surface area contributed by atoms with Gasteiger partial charge >= 0.3 is 0 Å². The maximum absolute atomic E-state index is 4.48. The van der Waals surface area contributed by atoms with E-state index in [1.165, 1.54) is 5.17 Å². The van der Waals surface area contributed by atoms with Gasteiger partial charge in [-0.3, -0.25) is 4.99 Å². The molecule has 1 aliphatic heterocycles. The third kappa shape index (κ3) is 2.39. The zero-order valence-corrected chi connectivity index (χ0v) is 10.2. The van der Waals surface area contributed by atoms with Crippen LogP contribution in [0, 0.1) is 0 Å². The van der Waals surface area contributed by atoms with E-state index < -0.39 is 0 Å². The van der Waals surface area contributed by atoms with Gasteiger partial charge in [0.15, 0.2) is 5.17 Å². The van der Waals surface area contributed by atoms with Crippen molar-refractivity contribution in [2.45, 2.75) is 25.1 Å². The predicted octanol–water partition coefficient (Wildman–Crippen LogP) is 2.19. The molecule has 0 aromatic carbocycles. The van der Waals surface area contributed by atoms with Gasteiger partial charge in [0.25, 0.3) is 0 Å². The minimum absolute atomic E-state index is 0.547. The quantitative estimate of drug-likeness (QED) is 0.699. The Morgan fingerprint density at radius 1 is 1.75 bits per heavy atom. The van der Waals surface area contributed by atoms with E-state index in [0.717, 1.165) is 11.9 Å². The van der Waals surface area contributed by atoms with Crippen molar-refractivity contribution in [3.63, 3.8) is 0 Å². The lowest BCUT2D eigenvalue weighted by Crippen LogP contribution is -2.30. The summed E-state index contributed by atoms with van der Waals surface area (Å²) in [6.07, 6.45) is 0. The summed E-state index contributed by atoms with van der Waals surface area (Å²) in [5.74, 6) is 0. The smallest absolute Gasteiger partial charge is 0.159 e. The van der Waals surface area contributed by atoms with E-state index in [9.17, 15) is 0 Å². The molecular formula is C8H15BrN2S. The molecule has 0 saturated carbocycles. The predicted molar refractivity (Wildman–Crippen MR) is 60.4 cm³/mol. The Hall–Kier alpha value is 0.300. The van der Waals surface area contributed by atoms with Crippen LogP contribution in [0.5, 0.6) is 0 Å². The molecule has 70 valence electrons. The number of alkyl halides is 1. The van der Waals surface area contributed by atoms with Crippen molar-refractivity contribution in [2.75, 3.05) is 18.9 Å². The number of aliphatic imine (C=N–C) groups is 1. The fourth-order valence-electron chi connectivity index (χ4n) is 0.899. The Labute approximate surface area is 86.9 Å². The molecule has 0 fully saturated rings. The fraction of sp³-hybridized carbons (Fsp3) is 0.875. The molecule has 0 N–H and O–H groups in total. The normalized spacial score (nSPS) is 23.1. The molecule has 1 unspecified atom stereocenters. The largest absolute Gasteiger partial charge is 0.352 e. The highest BCUT2D eigenvalue weighted by molar-refractivity contribution is 9.09. The van der Waals surface area contributed by atoms with Crippen LogP contribution in [0.2, 0.25) is 0 Å². The lowest BCUT2D eigenvalue weighted by atomic mass is 10.4. The molecule has 0 aliphatic carbocycles. The summed E-state index contributed by atoms with van der Waals surface area (Å²) in [6.45, 7) is 5.33. The SMILES string of the molecule is CC(C)N(C)C1=NCC(CBr)S1. The second-order valence-corrected chi connectivity index (χ2v) is 5.14. The van der Waals surface area contributed by atoms with Gasteiger partial charge < -0.3 is 4.90 Å². The first-order valence-electron chi connectivity index (χ1n) is 4.15. The molecule has 1 heterocycles. The average Bonchev–Trinajstić information content (AvgIpc) is 2.50. The van der Waals surface area contributed by atoms with Gasteiger partial charge in [-0.2, -0.15) is 0 Å². The van der Waals surface area contributed by atoms with E-state index in [2.05, 4.69) is 46.7 Å². The summed E-state index contributed by atoms with van der Waals surface area (Å²) in [4.78, 5) is 6.71. The minimum atomic E-state index is 0.547. The molecule has 0 aromatic rings. The van der Waals surface area contributed by atoms with E-state index in [4.69, 9.17) is 0 Å². The van der Waals surface area contributed by atoms with Crippen molar-refractivity contribution in [3.8, 4) is 0 Å². The second-order valence-electron chi connectivity index (χ2n) is 3.22. The van der Waals surface area contributed by atoms with Gasteiger partial charge in [-0.25, -0.2) is 0 Å². The first kappa shape index (κ1) is 10.4. The Kier molecular flexibility index (Phi) is 3.90. The van der Waals surface area contributed by atoms with E-state index in [-0.39, 0.29) is 0 Å². The first-order valence-corrected chi connectivity index (χ1v) is 6.15. The Morgan fingerprint density at radius 3 is 2.83 bits per heavy atom. The second kappa shape index (κ2) is 4.51. The van der Waals surface area contributed by atoms with Gasteiger partial charge in [0, 0.05) is 23.7 Å². The van der Waals surface area contributed by atoms with Gasteiger partial charge in [-0.15, -0.1) is 0 Å². The van der Waals surface area contributed by atoms with Crippen LogP contribution >= 0.6 is 27.7 Å². The number of rotatable bonds is 2. The standard InChI is InChI=1S/C8H15BrN2S/c1-6(2)11(3)8-10-5-7(4-9)12-8/h6-7H,4-5H2,1-3H3. The van der Waals surface area contributed by atoms with Crippen LogP contribution in [0.3, 0.4) is 0 Å². The van der Waals surface area contributed by atoms with Crippen LogP contribution in [-0.2, 0) is 0 Å². The zero-order chi connectivity index (χ0) is 9.14. The molecule has 0 spiro atoms. The van der Waals surface area contributed by atoms with Crippen molar-refractivity contribution in [1.82, 2.24) is 4.90 Å². The summed E-state index contributed by atoms with van der Waals surface area (Å²) >= 11 is 5.35. The number of thioether (sulfide) groups is 1. The molecule has 12 heavy (non-hydrogen) atoms. The van der Waals surface area contributed by atoms with E-state index >= 15 is 0 Å². The molecule has 1 atom stereocenters. The summed E-state index contributed by atoms with van der Waals surface area (Å²) in [6, 6.07) is 0.547. The van der Waals surface area contributed by atoms with E-state index in [1.54, 1.807) is 0 Å². The first-order chi connectivity index (χ1) is 5.65. The highest BCUT2D eigenvalue weighted by Crippen LogP contribution is 2.24. The number of hydrogen-bond acceptors (Lipinski definition) is 3. The van der Waals surface area contributed by atoms with Gasteiger partial charge in [0.05, 0.1) is 6.54 Å². The van der Waals surface area contributed by atoms with Crippen LogP contribution in [0.1, 0.15) is 13.8 Å². The van der Waals surface area contributed by atoms with Crippen LogP contribution in [0.25, 0.3) is 0 Å². The highest BCUT2D eigenvalue weighted by Gasteiger charge is 2.21. The van der Waals surface area contributed by atoms with E-state index in [0.29, 0.717) is 11.3 Å². The van der Waals surface area contributed by atoms with Crippen molar-refractivity contribution < 1.29 is 0 Å². The Morgan fingerprint density at radius 2 is 2.42 bits per heavy atom. The van der Waals surface area contributed by atoms with Crippen molar-refractivity contribution in [3.05, 3.63) is 0 Å². The summed E-state index contributed by atoms with van der Waals surface area (Å²) in [5, 5.41) is 2.87. The number of halogens is 1. The monoisotopic (exact) mass is 250 g/mol. The Bertz CT molecular complexity index is 182. The van der Waals surface area contributed by atoms with Crippen LogP contribution in [0.15, 0.2) is 4.99 Å². The van der Waals surface area contributed by atoms with Crippen LogP contribution in [0.4, 0.5) is 0 Å². The number of hydrogen-bond donors (Lipinski definition) is 0. The molecule has 1 rings (SSSR count). The Balaban J connectivity index is 2.45. The molecule has 0 aromatic heterocycles. The molecule has 0 radical (unpaired) electrons. The van der Waals surface area contributed by atoms with Gasteiger partial charge in [-0.05, 0) is 13.8 Å². The molecule has 1 aliphatic rings. The highest BCUT2D eigenvalue weighted by atomic mass is 79.9. The van der Waals surface area contributed by atoms with Crippen LogP contribution in [-0.4, -0.2) is 40.3 Å². The lowest BCUT2D eigenvalue weighted by molar-refractivity contribution is 0.425. The molecule has 0 amide bonds. The number of nitrogens with zero attached hydrogens (tertiary/aromatic N) is 2. The van der Waals surface area contributed by atoms with E-state index in [1.807, 2.05) is 11.8 Å². The van der Waals surface area contributed by atoms with Crippen molar-refractivity contribution in [2.24, 2.45) is 4.99 Å². The molecule has 0 bridgehead atoms. The lowest BCUT2D eigenvalue weighted by Gasteiger charge is -2.22. The zero-order valence-electron chi connectivity index (χ0n) is 7.75. The molecule has 4 heteroatoms. The summed E-state index contributed by atoms with van der Waals surface area (Å²) in [7, 11) is 2.10. The maximum Gasteiger partial charge on any atom is 0.159 e. The molecule has 2 nitrogen and oxygen atoms in total. The summed E-state index contributed by atoms with van der Waals surface area (Å²) in [5.41, 5.74) is 0. The molecule has 0 saturated heterocycles. The minimum Gasteiger partial charge on any atom is -0.352 e. The molecular weight excluding hydrogens is 236 g/mol. The van der Waals surface area contributed by atoms with Gasteiger partial charge in [0.2, 0.25) is 0 Å². The third-order valence-electron chi connectivity index (χ3n) is 1.95. The van der Waals surface area contributed by atoms with Gasteiger partial charge in [0.1, 0.15) is 0 Å². The van der Waals surface area contributed by atoms with Crippen molar-refractivity contribution in [1.29, 1.82) is 0 Å². The topological polar surface area (TPSA) is 15.6 Å². The maximum atomic E-state index is 4.48. The van der Waals surface area contributed by atoms with Gasteiger partial charge in [-0.1, -0.05) is 27.7 Å². The average molecular weight is 251 g/mol.